The molecule has 0 saturated carbocycles. The lowest BCUT2D eigenvalue weighted by Crippen LogP contribution is -2.44. The third kappa shape index (κ3) is 5.40. The Morgan fingerprint density at radius 2 is 1.90 bits per heavy atom. The lowest BCUT2D eigenvalue weighted by Gasteiger charge is -2.38. The number of halogens is 2. The Balaban J connectivity index is 1.83. The van der Waals surface area contributed by atoms with E-state index in [-0.39, 0.29) is 32.2 Å². The van der Waals surface area contributed by atoms with Crippen molar-refractivity contribution in [2.45, 2.75) is 56.3 Å². The van der Waals surface area contributed by atoms with E-state index in [1.807, 2.05) is 0 Å². The van der Waals surface area contributed by atoms with Gasteiger partial charge in [-0.25, -0.2) is 13.4 Å². The highest BCUT2D eigenvalue weighted by Gasteiger charge is 2.42. The molecule has 11 heteroatoms. The topological polar surface area (TPSA) is 84.4 Å². The fraction of sp³-hybridized carbons (Fsp3) is 0.500. The maximum Gasteiger partial charge on any atom is 0.245 e. The van der Waals surface area contributed by atoms with Gasteiger partial charge in [0.2, 0.25) is 15.3 Å². The van der Waals surface area contributed by atoms with E-state index in [0.29, 0.717) is 25.2 Å². The third-order valence-electron chi connectivity index (χ3n) is 5.85. The quantitative estimate of drug-likeness (QED) is 0.425. The molecule has 0 aliphatic carbocycles. The molecule has 2 aromatic rings. The van der Waals surface area contributed by atoms with Crippen LogP contribution in [-0.2, 0) is 14.4 Å². The van der Waals surface area contributed by atoms with Gasteiger partial charge >= 0.3 is 0 Å². The molecule has 2 heterocycles. The number of hydrogen-bond acceptors (Lipinski definition) is 6. The Bertz CT molecular complexity index is 1060. The van der Waals surface area contributed by atoms with Crippen molar-refractivity contribution in [3.8, 4) is 0 Å². The summed E-state index contributed by atoms with van der Waals surface area (Å²) in [6.45, 7) is 11.6. The molecule has 170 valence electrons. The molecule has 0 radical (unpaired) electrons. The summed E-state index contributed by atoms with van der Waals surface area (Å²) in [6.07, 6.45) is 1.93. The van der Waals surface area contributed by atoms with Gasteiger partial charge in [0.1, 0.15) is 9.92 Å². The van der Waals surface area contributed by atoms with Gasteiger partial charge < -0.3 is 9.74 Å². The highest BCUT2D eigenvalue weighted by atomic mass is 35.5. The summed E-state index contributed by atoms with van der Waals surface area (Å²) in [4.78, 5) is 8.01. The molecule has 1 saturated heterocycles. The SMILES string of the molecule is CC(C)(C)[Si](C)(C)O[C@@H]1CCN(S(=O)(=O)c2ccccc2Nc2nc(Cl)ncc2Cl)C1. The minimum atomic E-state index is -3.75. The smallest absolute Gasteiger partial charge is 0.245 e. The van der Waals surface area contributed by atoms with Crippen molar-refractivity contribution in [3.05, 3.63) is 40.8 Å². The lowest BCUT2D eigenvalue weighted by molar-refractivity contribution is 0.193. The van der Waals surface area contributed by atoms with Crippen molar-refractivity contribution in [3.63, 3.8) is 0 Å². The number of para-hydroxylation sites is 1. The highest BCUT2D eigenvalue weighted by Crippen LogP contribution is 2.39. The van der Waals surface area contributed by atoms with Gasteiger partial charge in [-0.15, -0.1) is 0 Å². The number of nitrogens with zero attached hydrogens (tertiary/aromatic N) is 3. The van der Waals surface area contributed by atoms with Crippen LogP contribution in [0.15, 0.2) is 35.4 Å². The highest BCUT2D eigenvalue weighted by molar-refractivity contribution is 7.89. The predicted molar refractivity (Wildman–Crippen MR) is 127 cm³/mol. The maximum absolute atomic E-state index is 13.5. The van der Waals surface area contributed by atoms with Crippen molar-refractivity contribution in [1.29, 1.82) is 0 Å². The van der Waals surface area contributed by atoms with Crippen LogP contribution in [0.25, 0.3) is 0 Å². The second-order valence-electron chi connectivity index (χ2n) is 9.11. The molecule has 31 heavy (non-hydrogen) atoms. The van der Waals surface area contributed by atoms with Crippen LogP contribution in [0.2, 0.25) is 28.4 Å². The molecule has 7 nitrogen and oxygen atoms in total. The van der Waals surface area contributed by atoms with Gasteiger partial charge in [-0.3, -0.25) is 0 Å². The summed E-state index contributed by atoms with van der Waals surface area (Å²) >= 11 is 12.0. The molecule has 1 fully saturated rings. The number of sulfonamides is 1. The summed E-state index contributed by atoms with van der Waals surface area (Å²) < 4.78 is 34.8. The summed E-state index contributed by atoms with van der Waals surface area (Å²) in [5, 5.41) is 3.29. The fourth-order valence-corrected chi connectivity index (χ4v) is 6.39. The molecule has 0 bridgehead atoms. The average Bonchev–Trinajstić information content (AvgIpc) is 3.13. The Morgan fingerprint density at radius 1 is 1.23 bits per heavy atom. The molecular formula is C20H28Cl2N4O3SSi. The molecule has 3 rings (SSSR count). The van der Waals surface area contributed by atoms with Crippen molar-refractivity contribution in [2.75, 3.05) is 18.4 Å². The maximum atomic E-state index is 13.5. The Labute approximate surface area is 195 Å². The molecule has 0 spiro atoms. The minimum absolute atomic E-state index is 0.0115. The zero-order valence-electron chi connectivity index (χ0n) is 18.3. The lowest BCUT2D eigenvalue weighted by atomic mass is 10.2. The van der Waals surface area contributed by atoms with Crippen molar-refractivity contribution in [2.24, 2.45) is 0 Å². The number of aromatic nitrogens is 2. The Hall–Kier alpha value is -1.23. The van der Waals surface area contributed by atoms with Gasteiger partial charge in [-0.2, -0.15) is 9.29 Å². The standard InChI is InChI=1S/C20H28Cl2N4O3SSi/c1-20(2,3)31(4,5)29-14-10-11-26(13-14)30(27,28)17-9-7-6-8-16(17)24-18-15(21)12-23-19(22)25-18/h6-9,12,14H,10-11,13H2,1-5H3,(H,23,24,25)/t14-/m1/s1. The number of rotatable bonds is 6. The van der Waals surface area contributed by atoms with Crippen molar-refractivity contribution >= 4 is 53.0 Å². The number of anilines is 2. The zero-order valence-corrected chi connectivity index (χ0v) is 21.6. The number of nitrogens with one attached hydrogen (secondary N) is 1. The van der Waals surface area contributed by atoms with E-state index in [0.717, 1.165) is 0 Å². The molecule has 1 atom stereocenters. The third-order valence-corrected chi connectivity index (χ3v) is 12.8. The van der Waals surface area contributed by atoms with Crippen molar-refractivity contribution in [1.82, 2.24) is 14.3 Å². The van der Waals surface area contributed by atoms with E-state index in [9.17, 15) is 8.42 Å². The van der Waals surface area contributed by atoms with E-state index in [4.69, 9.17) is 27.6 Å². The summed E-state index contributed by atoms with van der Waals surface area (Å²) in [6, 6.07) is 6.66. The summed E-state index contributed by atoms with van der Waals surface area (Å²) in [5.74, 6) is 0.241. The average molecular weight is 504 g/mol. The van der Waals surface area contributed by atoms with Crippen LogP contribution < -0.4 is 5.32 Å². The van der Waals surface area contributed by atoms with Gasteiger partial charge in [0.15, 0.2) is 14.1 Å². The molecule has 1 aliphatic rings. The molecule has 1 aromatic carbocycles. The number of hydrogen-bond donors (Lipinski definition) is 1. The van der Waals surface area contributed by atoms with Crippen LogP contribution >= 0.6 is 23.2 Å². The zero-order chi connectivity index (χ0) is 23.0. The minimum Gasteiger partial charge on any atom is -0.413 e. The summed E-state index contributed by atoms with van der Waals surface area (Å²) in [7, 11) is -5.74. The van der Waals surface area contributed by atoms with Gasteiger partial charge in [-0.1, -0.05) is 44.5 Å². The Morgan fingerprint density at radius 3 is 2.58 bits per heavy atom. The number of benzene rings is 1. The molecule has 1 N–H and O–H groups in total. The van der Waals surface area contributed by atoms with Crippen LogP contribution in [0.1, 0.15) is 27.2 Å². The predicted octanol–water partition coefficient (Wildman–Crippen LogP) is 5.31. The second kappa shape index (κ2) is 8.96. The molecular weight excluding hydrogens is 475 g/mol. The fourth-order valence-electron chi connectivity index (χ4n) is 3.10. The first-order valence-electron chi connectivity index (χ1n) is 10.0. The van der Waals surface area contributed by atoms with Gasteiger partial charge in [0, 0.05) is 13.1 Å². The molecule has 0 unspecified atom stereocenters. The van der Waals surface area contributed by atoms with Crippen LogP contribution in [0, 0.1) is 0 Å². The normalized spacial score (nSPS) is 18.4. The van der Waals surface area contributed by atoms with Gasteiger partial charge in [0.25, 0.3) is 0 Å². The van der Waals surface area contributed by atoms with Crippen molar-refractivity contribution < 1.29 is 12.8 Å². The van der Waals surface area contributed by atoms with Crippen LogP contribution in [-0.4, -0.2) is 50.2 Å². The van der Waals surface area contributed by atoms with E-state index in [2.05, 4.69) is 49.1 Å². The second-order valence-corrected chi connectivity index (χ2v) is 16.5. The van der Waals surface area contributed by atoms with Gasteiger partial charge in [0.05, 0.1) is 18.0 Å². The largest absolute Gasteiger partial charge is 0.413 e. The van der Waals surface area contributed by atoms with Crippen LogP contribution in [0.4, 0.5) is 11.5 Å². The molecule has 1 aliphatic heterocycles. The Kier molecular flexibility index (Phi) is 7.05. The van der Waals surface area contributed by atoms with E-state index >= 15 is 0 Å². The first-order chi connectivity index (χ1) is 14.3. The van der Waals surface area contributed by atoms with E-state index in [1.54, 1.807) is 24.3 Å². The van der Waals surface area contributed by atoms with Gasteiger partial charge in [-0.05, 0) is 48.3 Å². The van der Waals surface area contributed by atoms with Crippen LogP contribution in [0.5, 0.6) is 0 Å². The first-order valence-corrected chi connectivity index (χ1v) is 15.1. The van der Waals surface area contributed by atoms with E-state index in [1.165, 1.54) is 10.5 Å². The van der Waals surface area contributed by atoms with E-state index < -0.39 is 18.3 Å². The molecule has 1 aromatic heterocycles. The monoisotopic (exact) mass is 502 g/mol. The first kappa shape index (κ1) is 24.4. The molecule has 0 amide bonds. The van der Waals surface area contributed by atoms with Crippen LogP contribution in [0.3, 0.4) is 0 Å². The summed E-state index contributed by atoms with van der Waals surface area (Å²) in [5.41, 5.74) is 0.368.